The Bertz CT molecular complexity index is 198. The molecular weight excluding hydrogens is 166 g/mol. The van der Waals surface area contributed by atoms with Crippen molar-refractivity contribution in [3.63, 3.8) is 0 Å². The second-order valence-corrected chi connectivity index (χ2v) is 3.85. The van der Waals surface area contributed by atoms with Crippen LogP contribution in [0.1, 0.15) is 26.2 Å². The first-order valence-electron chi connectivity index (χ1n) is 4.38. The van der Waals surface area contributed by atoms with Crippen LogP contribution in [0.4, 0.5) is 0 Å². The number of rotatable bonds is 5. The average molecular weight is 180 g/mol. The SMILES string of the molecule is CCCCCSc1cc[c]nc1. The van der Waals surface area contributed by atoms with E-state index >= 15 is 0 Å². The molecule has 2 heteroatoms. The van der Waals surface area contributed by atoms with Crippen LogP contribution in [0.25, 0.3) is 0 Å². The summed E-state index contributed by atoms with van der Waals surface area (Å²) in [7, 11) is 0. The van der Waals surface area contributed by atoms with E-state index in [1.165, 1.54) is 29.9 Å². The van der Waals surface area contributed by atoms with E-state index in [1.807, 2.05) is 24.0 Å². The van der Waals surface area contributed by atoms with Crippen molar-refractivity contribution < 1.29 is 0 Å². The number of pyridine rings is 1. The molecule has 0 spiro atoms. The van der Waals surface area contributed by atoms with Gasteiger partial charge >= 0.3 is 0 Å². The Hall–Kier alpha value is -0.500. The Balaban J connectivity index is 2.16. The van der Waals surface area contributed by atoms with E-state index in [1.54, 1.807) is 0 Å². The van der Waals surface area contributed by atoms with E-state index < -0.39 is 0 Å². The van der Waals surface area contributed by atoms with Gasteiger partial charge in [0.1, 0.15) is 0 Å². The second kappa shape index (κ2) is 6.06. The molecule has 0 aliphatic carbocycles. The van der Waals surface area contributed by atoms with Crippen LogP contribution >= 0.6 is 11.8 Å². The van der Waals surface area contributed by atoms with Gasteiger partial charge in [-0.05, 0) is 24.3 Å². The molecule has 65 valence electrons. The molecule has 0 bridgehead atoms. The normalized spacial score (nSPS) is 10.1. The van der Waals surface area contributed by atoms with E-state index in [4.69, 9.17) is 0 Å². The zero-order valence-corrected chi connectivity index (χ0v) is 8.23. The monoisotopic (exact) mass is 180 g/mol. The average Bonchev–Trinajstić information content (AvgIpc) is 2.14. The molecule has 1 rings (SSSR count). The Morgan fingerprint density at radius 1 is 1.50 bits per heavy atom. The molecule has 0 saturated heterocycles. The van der Waals surface area contributed by atoms with Crippen molar-refractivity contribution in [2.45, 2.75) is 31.1 Å². The number of hydrogen-bond donors (Lipinski definition) is 0. The molecule has 0 N–H and O–H groups in total. The number of aromatic nitrogens is 1. The first-order chi connectivity index (χ1) is 5.93. The quantitative estimate of drug-likeness (QED) is 0.510. The standard InChI is InChI=1S/C10H14NS/c1-2-3-4-8-12-10-6-5-7-11-9-10/h5-6,9H,2-4,8H2,1H3. The van der Waals surface area contributed by atoms with Crippen molar-refractivity contribution in [2.75, 3.05) is 5.75 Å². The fourth-order valence-corrected chi connectivity index (χ4v) is 1.81. The van der Waals surface area contributed by atoms with Crippen molar-refractivity contribution in [1.29, 1.82) is 0 Å². The van der Waals surface area contributed by atoms with Gasteiger partial charge in [-0.3, -0.25) is 4.98 Å². The minimum atomic E-state index is 1.21. The van der Waals surface area contributed by atoms with Gasteiger partial charge in [0.15, 0.2) is 0 Å². The molecule has 1 radical (unpaired) electrons. The molecule has 12 heavy (non-hydrogen) atoms. The Morgan fingerprint density at radius 3 is 3.08 bits per heavy atom. The first-order valence-corrected chi connectivity index (χ1v) is 5.37. The third-order valence-corrected chi connectivity index (χ3v) is 2.67. The van der Waals surface area contributed by atoms with Crippen LogP contribution in [-0.4, -0.2) is 10.7 Å². The summed E-state index contributed by atoms with van der Waals surface area (Å²) in [5.41, 5.74) is 0. The van der Waals surface area contributed by atoms with Crippen LogP contribution in [0.5, 0.6) is 0 Å². The van der Waals surface area contributed by atoms with E-state index in [2.05, 4.69) is 24.2 Å². The highest BCUT2D eigenvalue weighted by molar-refractivity contribution is 7.99. The molecular formula is C10H14NS. The summed E-state index contributed by atoms with van der Waals surface area (Å²) in [6.45, 7) is 2.23. The van der Waals surface area contributed by atoms with Gasteiger partial charge in [-0.2, -0.15) is 0 Å². The molecule has 0 aliphatic heterocycles. The fourth-order valence-electron chi connectivity index (χ4n) is 0.934. The molecule has 1 heterocycles. The molecule has 1 aromatic heterocycles. The van der Waals surface area contributed by atoms with Crippen molar-refractivity contribution >= 4 is 11.8 Å². The first kappa shape index (κ1) is 9.59. The minimum Gasteiger partial charge on any atom is -0.253 e. The lowest BCUT2D eigenvalue weighted by Crippen LogP contribution is -1.80. The summed E-state index contributed by atoms with van der Waals surface area (Å²) < 4.78 is 0. The van der Waals surface area contributed by atoms with E-state index in [-0.39, 0.29) is 0 Å². The summed E-state index contributed by atoms with van der Waals surface area (Å²) in [5.74, 6) is 1.21. The van der Waals surface area contributed by atoms with Crippen LogP contribution in [-0.2, 0) is 0 Å². The molecule has 0 aliphatic rings. The van der Waals surface area contributed by atoms with Crippen LogP contribution in [0.15, 0.2) is 23.2 Å². The lowest BCUT2D eigenvalue weighted by Gasteiger charge is -1.98. The van der Waals surface area contributed by atoms with Gasteiger partial charge in [0.2, 0.25) is 0 Å². The zero-order chi connectivity index (χ0) is 8.65. The van der Waals surface area contributed by atoms with Gasteiger partial charge in [-0.1, -0.05) is 19.8 Å². The van der Waals surface area contributed by atoms with Crippen LogP contribution in [0.2, 0.25) is 0 Å². The highest BCUT2D eigenvalue weighted by Crippen LogP contribution is 2.17. The van der Waals surface area contributed by atoms with E-state index in [9.17, 15) is 0 Å². The van der Waals surface area contributed by atoms with Crippen molar-refractivity contribution in [3.8, 4) is 0 Å². The van der Waals surface area contributed by atoms with Gasteiger partial charge in [-0.25, -0.2) is 0 Å². The van der Waals surface area contributed by atoms with Gasteiger partial charge < -0.3 is 0 Å². The molecule has 0 unspecified atom stereocenters. The van der Waals surface area contributed by atoms with E-state index in [0.717, 1.165) is 0 Å². The second-order valence-electron chi connectivity index (χ2n) is 2.68. The van der Waals surface area contributed by atoms with Crippen LogP contribution in [0, 0.1) is 6.20 Å². The van der Waals surface area contributed by atoms with Crippen molar-refractivity contribution in [1.82, 2.24) is 4.98 Å². The van der Waals surface area contributed by atoms with Gasteiger partial charge in [-0.15, -0.1) is 11.8 Å². The van der Waals surface area contributed by atoms with Crippen LogP contribution in [0.3, 0.4) is 0 Å². The molecule has 1 aromatic rings. The van der Waals surface area contributed by atoms with Gasteiger partial charge in [0.05, 0.1) is 6.20 Å². The maximum atomic E-state index is 3.94. The zero-order valence-electron chi connectivity index (χ0n) is 7.42. The fraction of sp³-hybridized carbons (Fsp3) is 0.500. The largest absolute Gasteiger partial charge is 0.253 e. The Morgan fingerprint density at radius 2 is 2.42 bits per heavy atom. The number of nitrogens with zero attached hydrogens (tertiary/aromatic N) is 1. The Kier molecular flexibility index (Phi) is 4.85. The highest BCUT2D eigenvalue weighted by atomic mass is 32.2. The lowest BCUT2D eigenvalue weighted by atomic mass is 10.3. The topological polar surface area (TPSA) is 12.9 Å². The van der Waals surface area contributed by atoms with E-state index in [0.29, 0.717) is 0 Å². The smallest absolute Gasteiger partial charge is 0.0886 e. The highest BCUT2D eigenvalue weighted by Gasteiger charge is 1.91. The minimum absolute atomic E-state index is 1.21. The molecule has 1 nitrogen and oxygen atoms in total. The third kappa shape index (κ3) is 3.77. The molecule has 0 aromatic carbocycles. The maximum absolute atomic E-state index is 3.94. The summed E-state index contributed by atoms with van der Waals surface area (Å²) >= 11 is 1.88. The molecule has 0 fully saturated rings. The van der Waals surface area contributed by atoms with Crippen molar-refractivity contribution in [2.24, 2.45) is 0 Å². The predicted octanol–water partition coefficient (Wildman–Crippen LogP) is 3.16. The summed E-state index contributed by atoms with van der Waals surface area (Å²) in [6, 6.07) is 3.92. The number of thioether (sulfide) groups is 1. The molecule has 0 atom stereocenters. The number of hydrogen-bond acceptors (Lipinski definition) is 2. The maximum Gasteiger partial charge on any atom is 0.0886 e. The third-order valence-electron chi connectivity index (χ3n) is 1.61. The summed E-state index contributed by atoms with van der Waals surface area (Å²) in [6.07, 6.45) is 8.57. The molecule has 0 saturated carbocycles. The predicted molar refractivity (Wildman–Crippen MR) is 53.3 cm³/mol. The van der Waals surface area contributed by atoms with Crippen molar-refractivity contribution in [3.05, 3.63) is 24.5 Å². The van der Waals surface area contributed by atoms with Gasteiger partial charge in [0, 0.05) is 11.1 Å². The van der Waals surface area contributed by atoms with Crippen LogP contribution < -0.4 is 0 Å². The summed E-state index contributed by atoms with van der Waals surface area (Å²) in [5, 5.41) is 0. The van der Waals surface area contributed by atoms with Gasteiger partial charge in [0.25, 0.3) is 0 Å². The lowest BCUT2D eigenvalue weighted by molar-refractivity contribution is 0.778. The molecule has 0 amide bonds. The summed E-state index contributed by atoms with van der Waals surface area (Å²) in [4.78, 5) is 5.19. The number of unbranched alkanes of at least 4 members (excludes halogenated alkanes) is 2. The Labute approximate surface area is 78.6 Å².